The van der Waals surface area contributed by atoms with Crippen LogP contribution in [0.3, 0.4) is 0 Å². The van der Waals surface area contributed by atoms with Gasteiger partial charge in [-0.25, -0.2) is 4.37 Å². The minimum atomic E-state index is 1.17. The van der Waals surface area contributed by atoms with Crippen LogP contribution >= 0.6 is 11.5 Å². The van der Waals surface area contributed by atoms with Crippen molar-refractivity contribution in [3.05, 3.63) is 23.2 Å². The van der Waals surface area contributed by atoms with Gasteiger partial charge in [0.05, 0.1) is 0 Å². The van der Waals surface area contributed by atoms with Crippen LogP contribution in [0.1, 0.15) is 36.6 Å². The van der Waals surface area contributed by atoms with Crippen LogP contribution in [0.25, 0.3) is 6.08 Å². The summed E-state index contributed by atoms with van der Waals surface area (Å²) in [5.41, 5.74) is 1.22. The van der Waals surface area contributed by atoms with E-state index in [1.54, 1.807) is 11.5 Å². The van der Waals surface area contributed by atoms with Gasteiger partial charge < -0.3 is 0 Å². The quantitative estimate of drug-likeness (QED) is 0.633. The zero-order valence-corrected chi connectivity index (χ0v) is 8.36. The molecule has 12 heavy (non-hydrogen) atoms. The zero-order chi connectivity index (χ0) is 8.81. The molecule has 0 aromatic carbocycles. The summed E-state index contributed by atoms with van der Waals surface area (Å²) in [6, 6.07) is 0. The van der Waals surface area contributed by atoms with Gasteiger partial charge in [0.2, 0.25) is 0 Å². The highest BCUT2D eigenvalue weighted by Gasteiger charge is 2.00. The van der Waals surface area contributed by atoms with E-state index in [-0.39, 0.29) is 0 Å². The molecule has 0 saturated carbocycles. The van der Waals surface area contributed by atoms with E-state index in [1.807, 2.05) is 12.3 Å². The van der Waals surface area contributed by atoms with Crippen molar-refractivity contribution in [1.29, 1.82) is 0 Å². The molecule has 0 radical (unpaired) electrons. The number of unbranched alkanes of at least 4 members (excludes halogenated alkanes) is 2. The van der Waals surface area contributed by atoms with Crippen LogP contribution in [0.5, 0.6) is 0 Å². The predicted molar refractivity (Wildman–Crippen MR) is 55.4 cm³/mol. The van der Waals surface area contributed by atoms with Gasteiger partial charge in [-0.15, -0.1) is 0 Å². The number of aryl methyl sites for hydroxylation is 1. The Labute approximate surface area is 78.3 Å². The van der Waals surface area contributed by atoms with E-state index < -0.39 is 0 Å². The van der Waals surface area contributed by atoms with Gasteiger partial charge in [-0.2, -0.15) is 0 Å². The molecule has 1 rings (SSSR count). The molecule has 0 spiro atoms. The van der Waals surface area contributed by atoms with Crippen LogP contribution in [0.2, 0.25) is 0 Å². The molecule has 1 nitrogen and oxygen atoms in total. The lowest BCUT2D eigenvalue weighted by molar-refractivity contribution is 0.722. The number of aromatic nitrogens is 1. The Balaban J connectivity index is 2.45. The fraction of sp³-hybridized carbons (Fsp3) is 0.500. The van der Waals surface area contributed by atoms with Gasteiger partial charge in [-0.05, 0) is 24.4 Å². The van der Waals surface area contributed by atoms with Crippen molar-refractivity contribution in [3.8, 4) is 0 Å². The third-order valence-corrected chi connectivity index (χ3v) is 2.77. The van der Waals surface area contributed by atoms with Crippen LogP contribution in [-0.4, -0.2) is 4.37 Å². The van der Waals surface area contributed by atoms with Gasteiger partial charge in [-0.1, -0.05) is 32.4 Å². The smallest absolute Gasteiger partial charge is 0.0482 e. The Hall–Kier alpha value is -0.630. The average Bonchev–Trinajstić information content (AvgIpc) is 2.52. The van der Waals surface area contributed by atoms with Gasteiger partial charge in [0, 0.05) is 16.6 Å². The Morgan fingerprint density at radius 1 is 1.58 bits per heavy atom. The van der Waals surface area contributed by atoms with Gasteiger partial charge in [0.25, 0.3) is 0 Å². The van der Waals surface area contributed by atoms with E-state index in [2.05, 4.69) is 17.9 Å². The zero-order valence-electron chi connectivity index (χ0n) is 7.55. The molecule has 66 valence electrons. The van der Waals surface area contributed by atoms with E-state index >= 15 is 0 Å². The third-order valence-electron chi connectivity index (χ3n) is 1.90. The van der Waals surface area contributed by atoms with E-state index in [0.717, 1.165) is 0 Å². The van der Waals surface area contributed by atoms with Crippen molar-refractivity contribution in [2.45, 2.75) is 32.6 Å². The highest BCUT2D eigenvalue weighted by molar-refractivity contribution is 7.06. The molecule has 0 amide bonds. The second kappa shape index (κ2) is 5.09. The number of hydrogen-bond donors (Lipinski definition) is 0. The van der Waals surface area contributed by atoms with Crippen molar-refractivity contribution >= 4 is 17.6 Å². The molecule has 0 aliphatic rings. The highest BCUT2D eigenvalue weighted by atomic mass is 32.1. The van der Waals surface area contributed by atoms with Gasteiger partial charge in [0.1, 0.15) is 0 Å². The molecule has 0 N–H and O–H groups in total. The van der Waals surface area contributed by atoms with Crippen molar-refractivity contribution in [2.75, 3.05) is 0 Å². The highest BCUT2D eigenvalue weighted by Crippen LogP contribution is 2.17. The summed E-state index contributed by atoms with van der Waals surface area (Å²) < 4.78 is 4.14. The molecule has 0 fully saturated rings. The maximum absolute atomic E-state index is 4.14. The first kappa shape index (κ1) is 9.46. The molecule has 0 saturated heterocycles. The first-order chi connectivity index (χ1) is 5.88. The van der Waals surface area contributed by atoms with Crippen LogP contribution in [0, 0.1) is 0 Å². The fourth-order valence-electron chi connectivity index (χ4n) is 1.16. The average molecular weight is 181 g/mol. The summed E-state index contributed by atoms with van der Waals surface area (Å²) in [6.45, 7) is 5.98. The topological polar surface area (TPSA) is 12.9 Å². The lowest BCUT2D eigenvalue weighted by Crippen LogP contribution is -1.82. The molecule has 2 heteroatoms. The molecule has 0 unspecified atom stereocenters. The minimum absolute atomic E-state index is 1.17. The summed E-state index contributed by atoms with van der Waals surface area (Å²) in [7, 11) is 0. The normalized spacial score (nSPS) is 10.1. The Morgan fingerprint density at radius 2 is 2.42 bits per heavy atom. The number of rotatable bonds is 5. The molecule has 1 aromatic rings. The summed E-state index contributed by atoms with van der Waals surface area (Å²) in [4.78, 5) is 1.39. The Kier molecular flexibility index (Phi) is 4.01. The molecule has 1 heterocycles. The summed E-state index contributed by atoms with van der Waals surface area (Å²) >= 11 is 1.60. The largest absolute Gasteiger partial charge is 0.200 e. The van der Waals surface area contributed by atoms with Crippen molar-refractivity contribution in [3.63, 3.8) is 0 Å². The van der Waals surface area contributed by atoms with Crippen molar-refractivity contribution in [1.82, 2.24) is 4.37 Å². The molecule has 0 bridgehead atoms. The van der Waals surface area contributed by atoms with E-state index in [9.17, 15) is 0 Å². The molecular weight excluding hydrogens is 166 g/mol. The van der Waals surface area contributed by atoms with Gasteiger partial charge >= 0.3 is 0 Å². The van der Waals surface area contributed by atoms with E-state index in [1.165, 1.54) is 36.1 Å². The number of hydrogen-bond acceptors (Lipinski definition) is 2. The Bertz CT molecular complexity index is 240. The van der Waals surface area contributed by atoms with Gasteiger partial charge in [-0.3, -0.25) is 0 Å². The van der Waals surface area contributed by atoms with Crippen LogP contribution in [0.15, 0.2) is 12.8 Å². The van der Waals surface area contributed by atoms with Crippen LogP contribution in [-0.2, 0) is 6.42 Å². The summed E-state index contributed by atoms with van der Waals surface area (Å²) in [6.07, 6.45) is 8.83. The Morgan fingerprint density at radius 3 is 3.08 bits per heavy atom. The lowest BCUT2D eigenvalue weighted by Gasteiger charge is -1.96. The summed E-state index contributed by atoms with van der Waals surface area (Å²) in [5, 5.41) is 0. The molecule has 0 aliphatic heterocycles. The SMILES string of the molecule is C=Cc1cnsc1CCCCC. The van der Waals surface area contributed by atoms with Crippen LogP contribution < -0.4 is 0 Å². The predicted octanol–water partition coefficient (Wildman–Crippen LogP) is 3.52. The molecule has 0 atom stereocenters. The maximum Gasteiger partial charge on any atom is 0.0482 e. The lowest BCUT2D eigenvalue weighted by atomic mass is 10.1. The first-order valence-corrected chi connectivity index (χ1v) is 5.21. The standard InChI is InChI=1S/C10H15NS/c1-3-5-6-7-10-9(4-2)8-11-12-10/h4,8H,2-3,5-7H2,1H3. The molecule has 0 aliphatic carbocycles. The van der Waals surface area contributed by atoms with Crippen LogP contribution in [0.4, 0.5) is 0 Å². The van der Waals surface area contributed by atoms with E-state index in [4.69, 9.17) is 0 Å². The summed E-state index contributed by atoms with van der Waals surface area (Å²) in [5.74, 6) is 0. The first-order valence-electron chi connectivity index (χ1n) is 4.44. The van der Waals surface area contributed by atoms with Gasteiger partial charge in [0.15, 0.2) is 0 Å². The third kappa shape index (κ3) is 2.45. The fourth-order valence-corrected chi connectivity index (χ4v) is 1.93. The number of nitrogens with zero attached hydrogens (tertiary/aromatic N) is 1. The van der Waals surface area contributed by atoms with Crippen molar-refractivity contribution < 1.29 is 0 Å². The second-order valence-corrected chi connectivity index (χ2v) is 3.75. The minimum Gasteiger partial charge on any atom is -0.200 e. The van der Waals surface area contributed by atoms with E-state index in [0.29, 0.717) is 0 Å². The molecule has 1 aromatic heterocycles. The maximum atomic E-state index is 4.14. The monoisotopic (exact) mass is 181 g/mol. The van der Waals surface area contributed by atoms with Crippen molar-refractivity contribution in [2.24, 2.45) is 0 Å². The molecular formula is C10H15NS. The second-order valence-electron chi connectivity index (χ2n) is 2.87.